The molecule has 6 aliphatic rings. The molecule has 1 unspecified atom stereocenters. The van der Waals surface area contributed by atoms with E-state index in [2.05, 4.69) is 42.5 Å². The van der Waals surface area contributed by atoms with Gasteiger partial charge in [0.1, 0.15) is 11.1 Å². The highest BCUT2D eigenvalue weighted by molar-refractivity contribution is 9.13. The van der Waals surface area contributed by atoms with Gasteiger partial charge in [-0.25, -0.2) is 0 Å². The number of ketones is 2. The van der Waals surface area contributed by atoms with E-state index in [0.29, 0.717) is 20.6 Å². The number of nitrogens with zero attached hydrogens (tertiary/aromatic N) is 1. The largest absolute Gasteiger partial charge is 0.384 e. The summed E-state index contributed by atoms with van der Waals surface area (Å²) in [5, 5.41) is 6.85. The first-order chi connectivity index (χ1) is 12.5. The van der Waals surface area contributed by atoms with Crippen molar-refractivity contribution in [2.75, 3.05) is 13.1 Å². The fourth-order valence-corrected chi connectivity index (χ4v) is 8.15. The van der Waals surface area contributed by atoms with Crippen molar-refractivity contribution in [1.29, 1.82) is 0 Å². The van der Waals surface area contributed by atoms with Crippen molar-refractivity contribution < 1.29 is 9.59 Å². The number of piperidine rings is 1. The van der Waals surface area contributed by atoms with Gasteiger partial charge in [0.2, 0.25) is 11.6 Å². The smallest absolute Gasteiger partial charge is 0.227 e. The quantitative estimate of drug-likeness (QED) is 0.506. The summed E-state index contributed by atoms with van der Waals surface area (Å²) >= 11 is 8.58. The predicted octanol–water partition coefficient (Wildman–Crippen LogP) is 2.66. The second-order valence-electron chi connectivity index (χ2n) is 7.35. The van der Waals surface area contributed by atoms with Crippen LogP contribution in [0.15, 0.2) is 47.5 Å². The molecule has 2 bridgehead atoms. The molecule has 4 aliphatic heterocycles. The average Bonchev–Trinajstić information content (AvgIpc) is 3.18. The van der Waals surface area contributed by atoms with Gasteiger partial charge in [0.15, 0.2) is 0 Å². The lowest BCUT2D eigenvalue weighted by molar-refractivity contribution is -0.111. The van der Waals surface area contributed by atoms with Gasteiger partial charge < -0.3 is 10.6 Å². The van der Waals surface area contributed by atoms with Crippen LogP contribution in [-0.4, -0.2) is 35.7 Å². The molecule has 0 aromatic heterocycles. The Balaban J connectivity index is 1.70. The van der Waals surface area contributed by atoms with Crippen molar-refractivity contribution in [3.8, 4) is 0 Å². The molecular weight excluding hydrogens is 482 g/mol. The molecule has 2 aliphatic carbocycles. The van der Waals surface area contributed by atoms with Gasteiger partial charge >= 0.3 is 0 Å². The lowest BCUT2D eigenvalue weighted by Gasteiger charge is -2.41. The van der Waals surface area contributed by atoms with E-state index in [1.807, 2.05) is 6.08 Å². The maximum absolute atomic E-state index is 13.2. The number of hydrogen-bond donors (Lipinski definition) is 2. The Hall–Kier alpha value is -1.12. The van der Waals surface area contributed by atoms with Crippen molar-refractivity contribution in [3.63, 3.8) is 0 Å². The molecule has 1 spiro atoms. The summed E-state index contributed by atoms with van der Waals surface area (Å²) < 4.78 is 1.14. The molecule has 3 atom stereocenters. The van der Waals surface area contributed by atoms with E-state index in [1.54, 1.807) is 11.8 Å². The first kappa shape index (κ1) is 15.9. The molecule has 2 fully saturated rings. The third-order valence-corrected chi connectivity index (χ3v) is 9.02. The number of halogens is 2. The fraction of sp³-hybridized carbons (Fsp3) is 0.389. The summed E-state index contributed by atoms with van der Waals surface area (Å²) in [6.07, 6.45) is 3.81. The molecule has 2 N–H and O–H groups in total. The fourth-order valence-electron chi connectivity index (χ4n) is 5.02. The molecule has 8 heteroatoms. The molecule has 0 saturated carbocycles. The normalized spacial score (nSPS) is 37.0. The summed E-state index contributed by atoms with van der Waals surface area (Å²) in [6.45, 7) is 1.71. The number of thioether (sulfide) groups is 1. The minimum absolute atomic E-state index is 0.00780. The number of carbonyl (C=O) groups excluding carboxylic acids is 2. The summed E-state index contributed by atoms with van der Waals surface area (Å²) in [5.74, 6) is 0.334. The second kappa shape index (κ2) is 5.02. The van der Waals surface area contributed by atoms with Gasteiger partial charge in [-0.2, -0.15) is 0 Å². The number of nitrogens with one attached hydrogen (secondary N) is 2. The Morgan fingerprint density at radius 2 is 2.04 bits per heavy atom. The van der Waals surface area contributed by atoms with Gasteiger partial charge in [-0.15, -0.1) is 11.8 Å². The third kappa shape index (κ3) is 1.72. The maximum atomic E-state index is 13.2. The van der Waals surface area contributed by atoms with Gasteiger partial charge in [0.05, 0.1) is 20.1 Å². The molecule has 0 aromatic rings. The van der Waals surface area contributed by atoms with Crippen LogP contribution in [0, 0.1) is 11.3 Å². The minimum Gasteiger partial charge on any atom is -0.384 e. The van der Waals surface area contributed by atoms with E-state index in [4.69, 9.17) is 4.99 Å². The van der Waals surface area contributed by atoms with Crippen LogP contribution in [0.2, 0.25) is 0 Å². The molecule has 0 amide bonds. The first-order valence-electron chi connectivity index (χ1n) is 8.61. The van der Waals surface area contributed by atoms with Crippen LogP contribution >= 0.6 is 43.6 Å². The molecule has 4 heterocycles. The minimum atomic E-state index is -0.459. The number of aliphatic imine (C=N–C) groups is 1. The van der Waals surface area contributed by atoms with Gasteiger partial charge in [0, 0.05) is 40.8 Å². The highest BCUT2D eigenvalue weighted by Crippen LogP contribution is 2.65. The zero-order valence-corrected chi connectivity index (χ0v) is 17.5. The third-order valence-electron chi connectivity index (χ3n) is 6.06. The van der Waals surface area contributed by atoms with Gasteiger partial charge in [0.25, 0.3) is 0 Å². The zero-order chi connectivity index (χ0) is 17.8. The van der Waals surface area contributed by atoms with E-state index in [9.17, 15) is 9.59 Å². The van der Waals surface area contributed by atoms with Crippen molar-refractivity contribution in [2.24, 2.45) is 16.3 Å². The lowest BCUT2D eigenvalue weighted by Crippen LogP contribution is -2.44. The highest BCUT2D eigenvalue weighted by Gasteiger charge is 2.58. The summed E-state index contributed by atoms with van der Waals surface area (Å²) in [7, 11) is 0. The van der Waals surface area contributed by atoms with E-state index < -0.39 is 5.41 Å². The standard InChI is InChI=1S/C18H13Br2N3O2S/c19-7-3-18-4-8(26-17(18)11(20)15(7)24)23-14-10(18)12-9-6(1-2-21-12)5-22-13(9)16(14)25/h3,6,8,21-22H,1-2,4-5H2/t6?,8-,18+/m0/s1. The average molecular weight is 495 g/mol. The second-order valence-corrected chi connectivity index (χ2v) is 10.2. The summed E-state index contributed by atoms with van der Waals surface area (Å²) in [5.41, 5.74) is 3.97. The van der Waals surface area contributed by atoms with Crippen molar-refractivity contribution >= 4 is 60.9 Å². The Morgan fingerprint density at radius 1 is 1.19 bits per heavy atom. The maximum Gasteiger partial charge on any atom is 0.227 e. The Kier molecular flexibility index (Phi) is 3.07. The molecule has 6 rings (SSSR count). The predicted molar refractivity (Wildman–Crippen MR) is 107 cm³/mol. The number of hydrogen-bond acceptors (Lipinski definition) is 6. The molecule has 0 radical (unpaired) electrons. The van der Waals surface area contributed by atoms with Crippen molar-refractivity contribution in [1.82, 2.24) is 10.6 Å². The summed E-state index contributed by atoms with van der Waals surface area (Å²) in [6, 6.07) is 0. The van der Waals surface area contributed by atoms with Crippen LogP contribution < -0.4 is 10.6 Å². The SMILES string of the molecule is O=C1C(Br)=C[C@@]23C[C@@H](N=C4C(=O)C5=C6C(=C42)NCCC6CN5)SC3=C1Br. The monoisotopic (exact) mass is 493 g/mol. The molecular formula is C18H13Br2N3O2S. The van der Waals surface area contributed by atoms with Crippen LogP contribution in [0.25, 0.3) is 0 Å². The van der Waals surface area contributed by atoms with Gasteiger partial charge in [-0.3, -0.25) is 14.6 Å². The lowest BCUT2D eigenvalue weighted by atomic mass is 9.66. The molecule has 2 saturated heterocycles. The van der Waals surface area contributed by atoms with Crippen molar-refractivity contribution in [2.45, 2.75) is 18.2 Å². The van der Waals surface area contributed by atoms with E-state index >= 15 is 0 Å². The van der Waals surface area contributed by atoms with Crippen LogP contribution in [0.4, 0.5) is 0 Å². The first-order valence-corrected chi connectivity index (χ1v) is 11.1. The number of Topliss-reactive ketones (excluding diaryl/α,β-unsaturated/α-hetero) is 2. The Bertz CT molecular complexity index is 1010. The number of fused-ring (bicyclic) bond motifs is 2. The number of carbonyl (C=O) groups is 2. The Labute approximate surface area is 170 Å². The molecule has 132 valence electrons. The number of rotatable bonds is 0. The highest BCUT2D eigenvalue weighted by atomic mass is 79.9. The van der Waals surface area contributed by atoms with Crippen LogP contribution in [0.1, 0.15) is 12.8 Å². The zero-order valence-electron chi connectivity index (χ0n) is 13.5. The van der Waals surface area contributed by atoms with Gasteiger partial charge in [-0.05, 0) is 44.7 Å². The molecule has 26 heavy (non-hydrogen) atoms. The van der Waals surface area contributed by atoms with Crippen molar-refractivity contribution in [3.05, 3.63) is 42.5 Å². The Morgan fingerprint density at radius 3 is 2.88 bits per heavy atom. The summed E-state index contributed by atoms with van der Waals surface area (Å²) in [4.78, 5) is 31.5. The van der Waals surface area contributed by atoms with E-state index in [1.165, 1.54) is 0 Å². The van der Waals surface area contributed by atoms with E-state index in [0.717, 1.165) is 53.4 Å². The van der Waals surface area contributed by atoms with Gasteiger partial charge in [-0.1, -0.05) is 6.08 Å². The topological polar surface area (TPSA) is 70.6 Å². The van der Waals surface area contributed by atoms with Crippen LogP contribution in [-0.2, 0) is 9.59 Å². The van der Waals surface area contributed by atoms with E-state index in [-0.39, 0.29) is 16.9 Å². The number of allylic oxidation sites excluding steroid dienone is 7. The van der Waals surface area contributed by atoms with Crippen LogP contribution in [0.3, 0.4) is 0 Å². The molecule has 5 nitrogen and oxygen atoms in total. The molecule has 0 aromatic carbocycles. The van der Waals surface area contributed by atoms with Crippen LogP contribution in [0.5, 0.6) is 0 Å².